The number of fused-ring (bicyclic) bond motifs is 1. The third-order valence-corrected chi connectivity index (χ3v) is 2.22. The van der Waals surface area contributed by atoms with E-state index in [1.807, 2.05) is 0 Å². The number of rotatable bonds is 1. The van der Waals surface area contributed by atoms with E-state index in [1.54, 1.807) is 6.07 Å². The van der Waals surface area contributed by atoms with Crippen molar-refractivity contribution in [1.82, 2.24) is 8.75 Å². The van der Waals surface area contributed by atoms with Gasteiger partial charge in [0.1, 0.15) is 16.9 Å². The Hall–Kier alpha value is -1.07. The Balaban J connectivity index is 2.83. The third kappa shape index (κ3) is 0.981. The van der Waals surface area contributed by atoms with Gasteiger partial charge in [-0.25, -0.2) is 4.39 Å². The number of aromatic nitrogens is 2. The molecule has 0 fully saturated rings. The summed E-state index contributed by atoms with van der Waals surface area (Å²) in [6.45, 7) is 0.161. The summed E-state index contributed by atoms with van der Waals surface area (Å²) in [5.74, 6) is -0.308. The van der Waals surface area contributed by atoms with Crippen LogP contribution in [-0.2, 0) is 6.54 Å². The lowest BCUT2D eigenvalue weighted by molar-refractivity contribution is 0.613. The molecule has 1 aromatic carbocycles. The molecule has 2 aromatic rings. The second kappa shape index (κ2) is 2.76. The van der Waals surface area contributed by atoms with Crippen LogP contribution in [0, 0.1) is 5.82 Å². The maximum Gasteiger partial charge on any atom is 0.130 e. The first-order chi connectivity index (χ1) is 5.83. The first-order valence-electron chi connectivity index (χ1n) is 3.42. The molecule has 2 rings (SSSR count). The first kappa shape index (κ1) is 7.57. The fraction of sp³-hybridized carbons (Fsp3) is 0.143. The molecular weight excluding hydrogens is 177 g/mol. The van der Waals surface area contributed by atoms with E-state index >= 15 is 0 Å². The van der Waals surface area contributed by atoms with Gasteiger partial charge in [-0.15, -0.1) is 0 Å². The van der Waals surface area contributed by atoms with Gasteiger partial charge in [-0.3, -0.25) is 0 Å². The van der Waals surface area contributed by atoms with Crippen molar-refractivity contribution in [1.29, 1.82) is 0 Å². The molecule has 0 aliphatic carbocycles. The Morgan fingerprint density at radius 1 is 1.42 bits per heavy atom. The van der Waals surface area contributed by atoms with Crippen LogP contribution in [0.4, 0.5) is 4.39 Å². The lowest BCUT2D eigenvalue weighted by atomic mass is 10.2. The molecular formula is C7H6FN3S. The lowest BCUT2D eigenvalue weighted by Gasteiger charge is -1.97. The van der Waals surface area contributed by atoms with Gasteiger partial charge in [-0.2, -0.15) is 8.75 Å². The van der Waals surface area contributed by atoms with Crippen molar-refractivity contribution in [2.45, 2.75) is 6.54 Å². The van der Waals surface area contributed by atoms with Gasteiger partial charge >= 0.3 is 0 Å². The number of benzene rings is 1. The highest BCUT2D eigenvalue weighted by Crippen LogP contribution is 2.18. The van der Waals surface area contributed by atoms with Crippen LogP contribution in [0.1, 0.15) is 5.56 Å². The van der Waals surface area contributed by atoms with Gasteiger partial charge < -0.3 is 5.73 Å². The first-order valence-corrected chi connectivity index (χ1v) is 4.15. The highest BCUT2D eigenvalue weighted by atomic mass is 32.1. The predicted molar refractivity (Wildman–Crippen MR) is 45.3 cm³/mol. The lowest BCUT2D eigenvalue weighted by Crippen LogP contribution is -2.00. The quantitative estimate of drug-likeness (QED) is 0.724. The van der Waals surface area contributed by atoms with Crippen molar-refractivity contribution in [3.8, 4) is 0 Å². The largest absolute Gasteiger partial charge is 0.326 e. The summed E-state index contributed by atoms with van der Waals surface area (Å²) in [7, 11) is 0. The highest BCUT2D eigenvalue weighted by molar-refractivity contribution is 7.00. The van der Waals surface area contributed by atoms with Gasteiger partial charge in [0.05, 0.1) is 11.7 Å². The van der Waals surface area contributed by atoms with Crippen LogP contribution in [0.25, 0.3) is 11.0 Å². The smallest absolute Gasteiger partial charge is 0.130 e. The Morgan fingerprint density at radius 2 is 2.25 bits per heavy atom. The number of hydrogen-bond acceptors (Lipinski definition) is 4. The number of hydrogen-bond donors (Lipinski definition) is 1. The highest BCUT2D eigenvalue weighted by Gasteiger charge is 2.08. The molecule has 0 aliphatic heterocycles. The maximum absolute atomic E-state index is 13.1. The zero-order chi connectivity index (χ0) is 8.55. The maximum atomic E-state index is 13.1. The minimum Gasteiger partial charge on any atom is -0.326 e. The average Bonchev–Trinajstić information content (AvgIpc) is 2.52. The third-order valence-electron chi connectivity index (χ3n) is 1.68. The molecule has 12 heavy (non-hydrogen) atoms. The molecule has 0 amide bonds. The van der Waals surface area contributed by atoms with Crippen LogP contribution in [-0.4, -0.2) is 8.75 Å². The van der Waals surface area contributed by atoms with Gasteiger partial charge in [-0.1, -0.05) is 0 Å². The Labute approximate surface area is 72.3 Å². The van der Waals surface area contributed by atoms with Crippen molar-refractivity contribution in [2.75, 3.05) is 0 Å². The van der Waals surface area contributed by atoms with Crippen molar-refractivity contribution >= 4 is 22.8 Å². The zero-order valence-corrected chi connectivity index (χ0v) is 6.94. The van der Waals surface area contributed by atoms with Gasteiger partial charge in [0.25, 0.3) is 0 Å². The van der Waals surface area contributed by atoms with Gasteiger partial charge in [0, 0.05) is 12.1 Å². The summed E-state index contributed by atoms with van der Waals surface area (Å²) in [5.41, 5.74) is 7.11. The Kier molecular flexibility index (Phi) is 1.74. The molecule has 0 unspecified atom stereocenters. The molecule has 0 aliphatic rings. The van der Waals surface area contributed by atoms with Crippen LogP contribution in [0.2, 0.25) is 0 Å². The van der Waals surface area contributed by atoms with E-state index in [2.05, 4.69) is 8.75 Å². The van der Waals surface area contributed by atoms with Crippen molar-refractivity contribution in [3.05, 3.63) is 23.5 Å². The second-order valence-corrected chi connectivity index (χ2v) is 2.89. The van der Waals surface area contributed by atoms with Gasteiger partial charge in [0.2, 0.25) is 0 Å². The minimum atomic E-state index is -0.308. The van der Waals surface area contributed by atoms with Crippen LogP contribution in [0.5, 0.6) is 0 Å². The minimum absolute atomic E-state index is 0.161. The summed E-state index contributed by atoms with van der Waals surface area (Å²) >= 11 is 1.07. The molecule has 1 aromatic heterocycles. The van der Waals surface area contributed by atoms with E-state index < -0.39 is 0 Å². The summed E-state index contributed by atoms with van der Waals surface area (Å²) in [4.78, 5) is 0. The van der Waals surface area contributed by atoms with E-state index in [0.717, 1.165) is 11.7 Å². The number of nitrogens with zero attached hydrogens (tertiary/aromatic N) is 2. The van der Waals surface area contributed by atoms with Crippen molar-refractivity contribution in [3.63, 3.8) is 0 Å². The SMILES string of the molecule is NCc1c(F)ccc2nsnc12. The van der Waals surface area contributed by atoms with E-state index in [1.165, 1.54) is 6.07 Å². The molecule has 1 heterocycles. The van der Waals surface area contributed by atoms with E-state index in [4.69, 9.17) is 5.73 Å². The zero-order valence-electron chi connectivity index (χ0n) is 6.12. The standard InChI is InChI=1S/C7H6FN3S/c8-5-1-2-6-7(4(5)3-9)11-12-10-6/h1-2H,3,9H2. The fourth-order valence-electron chi connectivity index (χ4n) is 1.07. The predicted octanol–water partition coefficient (Wildman–Crippen LogP) is 1.29. The van der Waals surface area contributed by atoms with Gasteiger partial charge in [0.15, 0.2) is 0 Å². The van der Waals surface area contributed by atoms with Crippen LogP contribution in [0.15, 0.2) is 12.1 Å². The summed E-state index contributed by atoms with van der Waals surface area (Å²) in [6, 6.07) is 2.97. The monoisotopic (exact) mass is 183 g/mol. The molecule has 0 saturated heterocycles. The topological polar surface area (TPSA) is 51.8 Å². The van der Waals surface area contributed by atoms with Gasteiger partial charge in [-0.05, 0) is 12.1 Å². The van der Waals surface area contributed by atoms with Crippen molar-refractivity contribution in [2.24, 2.45) is 5.73 Å². The van der Waals surface area contributed by atoms with Crippen LogP contribution in [0.3, 0.4) is 0 Å². The second-order valence-electron chi connectivity index (χ2n) is 2.36. The molecule has 0 radical (unpaired) electrons. The van der Waals surface area contributed by atoms with Crippen molar-refractivity contribution < 1.29 is 4.39 Å². The molecule has 0 atom stereocenters. The molecule has 0 bridgehead atoms. The Bertz CT molecular complexity index is 412. The molecule has 2 N–H and O–H groups in total. The fourth-order valence-corrected chi connectivity index (χ4v) is 1.64. The number of nitrogens with two attached hydrogens (primary N) is 1. The summed E-state index contributed by atoms with van der Waals surface area (Å²) in [6.07, 6.45) is 0. The number of halogens is 1. The summed E-state index contributed by atoms with van der Waals surface area (Å²) in [5, 5.41) is 0. The average molecular weight is 183 g/mol. The summed E-state index contributed by atoms with van der Waals surface area (Å²) < 4.78 is 21.0. The molecule has 62 valence electrons. The van der Waals surface area contributed by atoms with E-state index in [-0.39, 0.29) is 12.4 Å². The van der Waals surface area contributed by atoms with Crippen LogP contribution < -0.4 is 5.73 Å². The van der Waals surface area contributed by atoms with Crippen LogP contribution >= 0.6 is 11.7 Å². The van der Waals surface area contributed by atoms with E-state index in [9.17, 15) is 4.39 Å². The molecule has 0 spiro atoms. The Morgan fingerprint density at radius 3 is 3.00 bits per heavy atom. The normalized spacial score (nSPS) is 10.8. The van der Waals surface area contributed by atoms with E-state index in [0.29, 0.717) is 16.6 Å². The molecule has 5 heteroatoms. The molecule has 3 nitrogen and oxygen atoms in total. The molecule has 0 saturated carbocycles.